The number of carboxylic acid groups (broad SMARTS) is 1. The molecule has 0 aliphatic heterocycles. The number of nitrogens with one attached hydrogen (secondary N) is 1. The third kappa shape index (κ3) is 2.72. The summed E-state index contributed by atoms with van der Waals surface area (Å²) in [6.07, 6.45) is 1.36. The molecule has 1 saturated carbocycles. The van der Waals surface area contributed by atoms with Gasteiger partial charge in [0.2, 0.25) is 5.91 Å². The lowest BCUT2D eigenvalue weighted by atomic mass is 9.76. The van der Waals surface area contributed by atoms with E-state index in [9.17, 15) is 18.4 Å². The van der Waals surface area contributed by atoms with Crippen LogP contribution in [0, 0.1) is 11.6 Å². The van der Waals surface area contributed by atoms with Gasteiger partial charge in [-0.05, 0) is 37.0 Å². The minimum Gasteiger partial charge on any atom is -0.480 e. The van der Waals surface area contributed by atoms with Crippen LogP contribution in [-0.2, 0) is 16.0 Å². The first-order chi connectivity index (χ1) is 8.93. The number of carboxylic acids is 1. The molecule has 0 heterocycles. The van der Waals surface area contributed by atoms with Gasteiger partial charge in [0, 0.05) is 0 Å². The monoisotopic (exact) mass is 269 g/mol. The van der Waals surface area contributed by atoms with Gasteiger partial charge in [0.25, 0.3) is 0 Å². The fourth-order valence-corrected chi connectivity index (χ4v) is 2.07. The summed E-state index contributed by atoms with van der Waals surface area (Å²) in [6.45, 7) is 0. The molecule has 1 amide bonds. The third-order valence-electron chi connectivity index (χ3n) is 3.34. The Balaban J connectivity index is 2.01. The Kier molecular flexibility index (Phi) is 3.50. The van der Waals surface area contributed by atoms with E-state index >= 15 is 0 Å². The maximum atomic E-state index is 13.0. The lowest BCUT2D eigenvalue weighted by Crippen LogP contribution is -2.59. The van der Waals surface area contributed by atoms with E-state index in [1.165, 1.54) is 6.07 Å². The Hall–Kier alpha value is -1.98. The van der Waals surface area contributed by atoms with E-state index in [4.69, 9.17) is 5.11 Å². The number of carbonyl (C=O) groups is 2. The molecule has 0 spiro atoms. The average Bonchev–Trinajstić information content (AvgIpc) is 2.28. The number of aliphatic carboxylic acids is 1. The van der Waals surface area contributed by atoms with Crippen LogP contribution in [-0.4, -0.2) is 22.5 Å². The van der Waals surface area contributed by atoms with Crippen LogP contribution in [0.1, 0.15) is 24.8 Å². The molecule has 0 saturated heterocycles. The van der Waals surface area contributed by atoms with Gasteiger partial charge in [-0.1, -0.05) is 6.07 Å². The second kappa shape index (κ2) is 4.95. The van der Waals surface area contributed by atoms with E-state index in [1.807, 2.05) is 0 Å². The van der Waals surface area contributed by atoms with Crippen LogP contribution in [0.3, 0.4) is 0 Å². The summed E-state index contributed by atoms with van der Waals surface area (Å²) < 4.78 is 25.7. The number of halogens is 2. The van der Waals surface area contributed by atoms with Crippen molar-refractivity contribution in [2.24, 2.45) is 0 Å². The maximum Gasteiger partial charge on any atom is 0.329 e. The molecule has 0 atom stereocenters. The van der Waals surface area contributed by atoms with Crippen molar-refractivity contribution >= 4 is 11.9 Å². The fourth-order valence-electron chi connectivity index (χ4n) is 2.07. The van der Waals surface area contributed by atoms with Gasteiger partial charge in [-0.2, -0.15) is 0 Å². The highest BCUT2D eigenvalue weighted by Gasteiger charge is 2.45. The highest BCUT2D eigenvalue weighted by Crippen LogP contribution is 2.32. The molecule has 0 radical (unpaired) electrons. The molecule has 0 unspecified atom stereocenters. The van der Waals surface area contributed by atoms with E-state index in [0.29, 0.717) is 18.4 Å². The van der Waals surface area contributed by atoms with Crippen LogP contribution >= 0.6 is 0 Å². The lowest BCUT2D eigenvalue weighted by molar-refractivity contribution is -0.151. The van der Waals surface area contributed by atoms with E-state index < -0.39 is 29.0 Å². The fraction of sp³-hybridized carbons (Fsp3) is 0.385. The first-order valence-corrected chi connectivity index (χ1v) is 5.91. The molecule has 1 fully saturated rings. The summed E-state index contributed by atoms with van der Waals surface area (Å²) in [5.74, 6) is -3.57. The maximum absolute atomic E-state index is 13.0. The number of rotatable bonds is 4. The molecule has 4 nitrogen and oxygen atoms in total. The first-order valence-electron chi connectivity index (χ1n) is 5.91. The molecule has 1 aromatic rings. The van der Waals surface area contributed by atoms with Gasteiger partial charge < -0.3 is 10.4 Å². The Bertz CT molecular complexity index is 527. The van der Waals surface area contributed by atoms with Gasteiger partial charge >= 0.3 is 5.97 Å². The number of carbonyl (C=O) groups excluding carboxylic acids is 1. The molecule has 6 heteroatoms. The molecular formula is C13H13F2NO3. The normalized spacial score (nSPS) is 16.5. The molecule has 1 aliphatic carbocycles. The zero-order valence-electron chi connectivity index (χ0n) is 10.1. The van der Waals surface area contributed by atoms with Crippen molar-refractivity contribution in [3.63, 3.8) is 0 Å². The van der Waals surface area contributed by atoms with Crippen molar-refractivity contribution in [3.05, 3.63) is 35.4 Å². The molecular weight excluding hydrogens is 256 g/mol. The highest BCUT2D eigenvalue weighted by atomic mass is 19.2. The van der Waals surface area contributed by atoms with Crippen LogP contribution in [0.2, 0.25) is 0 Å². The summed E-state index contributed by atoms with van der Waals surface area (Å²) in [7, 11) is 0. The van der Waals surface area contributed by atoms with Gasteiger partial charge in [0.05, 0.1) is 6.42 Å². The van der Waals surface area contributed by atoms with E-state index in [2.05, 4.69) is 5.32 Å². The van der Waals surface area contributed by atoms with Gasteiger partial charge in [0.15, 0.2) is 11.6 Å². The molecule has 1 aliphatic rings. The smallest absolute Gasteiger partial charge is 0.329 e. The summed E-state index contributed by atoms with van der Waals surface area (Å²) in [4.78, 5) is 22.8. The van der Waals surface area contributed by atoms with Gasteiger partial charge in [0.1, 0.15) is 5.54 Å². The number of amides is 1. The molecule has 102 valence electrons. The summed E-state index contributed by atoms with van der Waals surface area (Å²) >= 11 is 0. The predicted molar refractivity (Wildman–Crippen MR) is 62.4 cm³/mol. The molecule has 0 bridgehead atoms. The van der Waals surface area contributed by atoms with Gasteiger partial charge in [-0.25, -0.2) is 13.6 Å². The number of benzene rings is 1. The van der Waals surface area contributed by atoms with Crippen LogP contribution in [0.15, 0.2) is 18.2 Å². The van der Waals surface area contributed by atoms with Crippen molar-refractivity contribution in [1.82, 2.24) is 5.32 Å². The Morgan fingerprint density at radius 1 is 1.26 bits per heavy atom. The third-order valence-corrected chi connectivity index (χ3v) is 3.34. The molecule has 2 N–H and O–H groups in total. The van der Waals surface area contributed by atoms with Crippen molar-refractivity contribution in [1.29, 1.82) is 0 Å². The number of hydrogen-bond acceptors (Lipinski definition) is 2. The van der Waals surface area contributed by atoms with Crippen LogP contribution in [0.4, 0.5) is 8.78 Å². The number of hydrogen-bond donors (Lipinski definition) is 2. The second-order valence-corrected chi connectivity index (χ2v) is 4.71. The Morgan fingerprint density at radius 2 is 1.95 bits per heavy atom. The minimum atomic E-state index is -1.18. The molecule has 19 heavy (non-hydrogen) atoms. The first kappa shape index (κ1) is 13.5. The standard InChI is InChI=1S/C13H13F2NO3/c14-9-3-2-8(6-10(9)15)7-11(17)16-13(12(18)19)4-1-5-13/h2-3,6H,1,4-5,7H2,(H,16,17)(H,18,19). The van der Waals surface area contributed by atoms with Crippen LogP contribution in [0.5, 0.6) is 0 Å². The zero-order chi connectivity index (χ0) is 14.0. The summed E-state index contributed by atoms with van der Waals surface area (Å²) in [5.41, 5.74) is -0.883. The predicted octanol–water partition coefficient (Wildman–Crippen LogP) is 1.63. The van der Waals surface area contributed by atoms with Gasteiger partial charge in [-0.15, -0.1) is 0 Å². The van der Waals surface area contributed by atoms with E-state index in [1.54, 1.807) is 0 Å². The second-order valence-electron chi connectivity index (χ2n) is 4.71. The SMILES string of the molecule is O=C(Cc1ccc(F)c(F)c1)NC1(C(=O)O)CCC1. The van der Waals surface area contributed by atoms with Gasteiger partial charge in [-0.3, -0.25) is 4.79 Å². The highest BCUT2D eigenvalue weighted by molar-refractivity contribution is 5.88. The summed E-state index contributed by atoms with van der Waals surface area (Å²) in [6, 6.07) is 3.17. The average molecular weight is 269 g/mol. The Labute approximate surface area is 108 Å². The van der Waals surface area contributed by atoms with Crippen molar-refractivity contribution < 1.29 is 23.5 Å². The molecule has 0 aromatic heterocycles. The summed E-state index contributed by atoms with van der Waals surface area (Å²) in [5, 5.41) is 11.5. The minimum absolute atomic E-state index is 0.174. The quantitative estimate of drug-likeness (QED) is 0.873. The molecule has 1 aromatic carbocycles. The van der Waals surface area contributed by atoms with E-state index in [-0.39, 0.29) is 6.42 Å². The lowest BCUT2D eigenvalue weighted by Gasteiger charge is -2.38. The molecule has 2 rings (SSSR count). The van der Waals surface area contributed by atoms with Crippen LogP contribution < -0.4 is 5.32 Å². The van der Waals surface area contributed by atoms with Crippen LogP contribution in [0.25, 0.3) is 0 Å². The zero-order valence-corrected chi connectivity index (χ0v) is 10.1. The van der Waals surface area contributed by atoms with E-state index in [0.717, 1.165) is 18.6 Å². The largest absolute Gasteiger partial charge is 0.480 e. The topological polar surface area (TPSA) is 66.4 Å². The Morgan fingerprint density at radius 3 is 2.42 bits per heavy atom. The van der Waals surface area contributed by atoms with Crippen molar-refractivity contribution in [2.75, 3.05) is 0 Å². The van der Waals surface area contributed by atoms with Crippen molar-refractivity contribution in [2.45, 2.75) is 31.2 Å². The van der Waals surface area contributed by atoms with Crippen molar-refractivity contribution in [3.8, 4) is 0 Å².